The Kier molecular flexibility index (Phi) is 6.16. The Balaban J connectivity index is 2.08. The van der Waals surface area contributed by atoms with Crippen molar-refractivity contribution in [1.82, 2.24) is 0 Å². The molecule has 0 N–H and O–H groups in total. The van der Waals surface area contributed by atoms with Crippen LogP contribution in [0.5, 0.6) is 5.75 Å². The molecule has 0 bridgehead atoms. The molecule has 0 aromatic heterocycles. The second-order valence-corrected chi connectivity index (χ2v) is 6.35. The number of benzene rings is 1. The van der Waals surface area contributed by atoms with Crippen LogP contribution in [0, 0.1) is 17.7 Å². The smallest absolute Gasteiger partial charge is 0.267 e. The predicted molar refractivity (Wildman–Crippen MR) is 82.0 cm³/mol. The monoisotopic (exact) mass is 314 g/mol. The van der Waals surface area contributed by atoms with Gasteiger partial charge in [0.25, 0.3) is 6.43 Å². The van der Waals surface area contributed by atoms with Gasteiger partial charge in [0.05, 0.1) is 12.2 Å². The summed E-state index contributed by atoms with van der Waals surface area (Å²) in [6.07, 6.45) is 3.31. The minimum absolute atomic E-state index is 0.0759. The fourth-order valence-corrected chi connectivity index (χ4v) is 3.31. The first-order valence-electron chi connectivity index (χ1n) is 8.25. The summed E-state index contributed by atoms with van der Waals surface area (Å²) in [5.41, 5.74) is -0.0512. The van der Waals surface area contributed by atoms with Crippen molar-refractivity contribution >= 4 is 0 Å². The van der Waals surface area contributed by atoms with Crippen molar-refractivity contribution < 1.29 is 17.9 Å². The molecule has 0 saturated heterocycles. The maximum absolute atomic E-state index is 14.2. The van der Waals surface area contributed by atoms with Crippen LogP contribution >= 0.6 is 0 Å². The van der Waals surface area contributed by atoms with Crippen molar-refractivity contribution in [3.05, 3.63) is 29.1 Å². The van der Waals surface area contributed by atoms with Crippen molar-refractivity contribution in [3.63, 3.8) is 0 Å². The highest BCUT2D eigenvalue weighted by molar-refractivity contribution is 5.38. The van der Waals surface area contributed by atoms with Crippen LogP contribution in [0.4, 0.5) is 13.2 Å². The SMILES string of the molecule is CCOc1ccc(CCC2CCC(C)CC2)c(C(F)F)c1F. The van der Waals surface area contributed by atoms with E-state index in [0.29, 0.717) is 17.9 Å². The topological polar surface area (TPSA) is 9.23 Å². The minimum atomic E-state index is -2.80. The molecule has 0 aliphatic heterocycles. The normalized spacial score (nSPS) is 22.1. The summed E-state index contributed by atoms with van der Waals surface area (Å²) in [4.78, 5) is 0. The summed E-state index contributed by atoms with van der Waals surface area (Å²) in [6.45, 7) is 4.23. The lowest BCUT2D eigenvalue weighted by atomic mass is 9.80. The molecule has 124 valence electrons. The van der Waals surface area contributed by atoms with Crippen molar-refractivity contribution in [3.8, 4) is 5.75 Å². The lowest BCUT2D eigenvalue weighted by Gasteiger charge is -2.26. The summed E-state index contributed by atoms with van der Waals surface area (Å²) < 4.78 is 45.7. The number of ether oxygens (including phenoxy) is 1. The largest absolute Gasteiger partial charge is 0.491 e. The number of hydrogen-bond donors (Lipinski definition) is 0. The predicted octanol–water partition coefficient (Wildman–Crippen LogP) is 5.92. The molecule has 0 unspecified atom stereocenters. The van der Waals surface area contributed by atoms with Crippen LogP contribution in [-0.2, 0) is 6.42 Å². The molecule has 1 aromatic rings. The highest BCUT2D eigenvalue weighted by Crippen LogP contribution is 2.35. The number of aryl methyl sites for hydroxylation is 1. The third-order valence-electron chi connectivity index (χ3n) is 4.71. The molecule has 1 aliphatic carbocycles. The number of alkyl halides is 2. The van der Waals surface area contributed by atoms with Crippen LogP contribution in [-0.4, -0.2) is 6.61 Å². The molecule has 0 spiro atoms. The molecule has 1 aliphatic rings. The van der Waals surface area contributed by atoms with E-state index in [1.165, 1.54) is 18.9 Å². The van der Waals surface area contributed by atoms with E-state index < -0.39 is 17.8 Å². The van der Waals surface area contributed by atoms with Crippen LogP contribution in [0.15, 0.2) is 12.1 Å². The van der Waals surface area contributed by atoms with E-state index in [9.17, 15) is 13.2 Å². The zero-order chi connectivity index (χ0) is 16.1. The van der Waals surface area contributed by atoms with E-state index in [0.717, 1.165) is 25.2 Å². The molecule has 0 atom stereocenters. The third-order valence-corrected chi connectivity index (χ3v) is 4.71. The molecule has 1 nitrogen and oxygen atoms in total. The van der Waals surface area contributed by atoms with Crippen LogP contribution in [0.25, 0.3) is 0 Å². The lowest BCUT2D eigenvalue weighted by molar-refractivity contribution is 0.143. The Bertz CT molecular complexity index is 479. The third kappa shape index (κ3) is 4.17. The quantitative estimate of drug-likeness (QED) is 0.633. The average Bonchev–Trinajstić information content (AvgIpc) is 2.49. The van der Waals surface area contributed by atoms with Gasteiger partial charge in [0.2, 0.25) is 0 Å². The van der Waals surface area contributed by atoms with Crippen LogP contribution in [0.1, 0.15) is 63.5 Å². The van der Waals surface area contributed by atoms with Crippen molar-refractivity contribution in [1.29, 1.82) is 0 Å². The first kappa shape index (κ1) is 17.2. The van der Waals surface area contributed by atoms with Gasteiger partial charge in [-0.05, 0) is 43.2 Å². The molecule has 1 saturated carbocycles. The molecule has 4 heteroatoms. The zero-order valence-corrected chi connectivity index (χ0v) is 13.4. The van der Waals surface area contributed by atoms with Crippen LogP contribution in [0.2, 0.25) is 0 Å². The van der Waals surface area contributed by atoms with E-state index in [1.807, 2.05) is 0 Å². The van der Waals surface area contributed by atoms with Crippen LogP contribution < -0.4 is 4.74 Å². The second kappa shape index (κ2) is 7.89. The van der Waals surface area contributed by atoms with Crippen LogP contribution in [0.3, 0.4) is 0 Å². The number of halogens is 3. The lowest BCUT2D eigenvalue weighted by Crippen LogP contribution is -2.13. The number of hydrogen-bond acceptors (Lipinski definition) is 1. The Hall–Kier alpha value is -1.19. The van der Waals surface area contributed by atoms with Gasteiger partial charge in [-0.25, -0.2) is 13.2 Å². The van der Waals surface area contributed by atoms with E-state index in [4.69, 9.17) is 4.74 Å². The summed E-state index contributed by atoms with van der Waals surface area (Å²) in [6, 6.07) is 3.07. The first-order chi connectivity index (χ1) is 10.5. The highest BCUT2D eigenvalue weighted by Gasteiger charge is 2.23. The van der Waals surface area contributed by atoms with E-state index in [2.05, 4.69) is 6.92 Å². The molecule has 22 heavy (non-hydrogen) atoms. The van der Waals surface area contributed by atoms with Gasteiger partial charge in [-0.3, -0.25) is 0 Å². The highest BCUT2D eigenvalue weighted by atomic mass is 19.3. The Morgan fingerprint density at radius 3 is 2.45 bits per heavy atom. The maximum Gasteiger partial charge on any atom is 0.267 e. The molecule has 1 fully saturated rings. The van der Waals surface area contributed by atoms with Crippen molar-refractivity contribution in [2.75, 3.05) is 6.61 Å². The van der Waals surface area contributed by atoms with Gasteiger partial charge >= 0.3 is 0 Å². The van der Waals surface area contributed by atoms with Gasteiger partial charge in [-0.2, -0.15) is 0 Å². The van der Waals surface area contributed by atoms with E-state index >= 15 is 0 Å². The Morgan fingerprint density at radius 2 is 1.86 bits per heavy atom. The molecule has 2 rings (SSSR count). The summed E-state index contributed by atoms with van der Waals surface area (Å²) in [7, 11) is 0. The van der Waals surface area contributed by atoms with Gasteiger partial charge in [-0.15, -0.1) is 0 Å². The average molecular weight is 314 g/mol. The van der Waals surface area contributed by atoms with Gasteiger partial charge in [-0.1, -0.05) is 38.7 Å². The summed E-state index contributed by atoms with van der Waals surface area (Å²) in [5.74, 6) is 0.381. The fraction of sp³-hybridized carbons (Fsp3) is 0.667. The van der Waals surface area contributed by atoms with Gasteiger partial charge in [0, 0.05) is 0 Å². The van der Waals surface area contributed by atoms with Gasteiger partial charge in [0.15, 0.2) is 11.6 Å². The minimum Gasteiger partial charge on any atom is -0.491 e. The maximum atomic E-state index is 14.2. The molecule has 0 amide bonds. The van der Waals surface area contributed by atoms with E-state index in [-0.39, 0.29) is 12.4 Å². The fourth-order valence-electron chi connectivity index (χ4n) is 3.31. The molecule has 0 radical (unpaired) electrons. The molecule has 1 aromatic carbocycles. The van der Waals surface area contributed by atoms with Crippen molar-refractivity contribution in [2.24, 2.45) is 11.8 Å². The van der Waals surface area contributed by atoms with Gasteiger partial charge in [0.1, 0.15) is 0 Å². The Labute approximate surface area is 130 Å². The van der Waals surface area contributed by atoms with E-state index in [1.54, 1.807) is 13.0 Å². The summed E-state index contributed by atoms with van der Waals surface area (Å²) in [5, 5.41) is 0. The van der Waals surface area contributed by atoms with Crippen molar-refractivity contribution in [2.45, 2.75) is 58.8 Å². The number of rotatable bonds is 6. The second-order valence-electron chi connectivity index (χ2n) is 6.35. The molecular formula is C18H25F3O. The standard InChI is InChI=1S/C18H25F3O/c1-3-22-15-11-10-14(16(17(15)19)18(20)21)9-8-13-6-4-12(2)5-7-13/h10-13,18H,3-9H2,1-2H3. The Morgan fingerprint density at radius 1 is 1.18 bits per heavy atom. The molecule has 0 heterocycles. The van der Waals surface area contributed by atoms with Gasteiger partial charge < -0.3 is 4.74 Å². The molecular weight excluding hydrogens is 289 g/mol. The first-order valence-corrected chi connectivity index (χ1v) is 8.25. The summed E-state index contributed by atoms with van der Waals surface area (Å²) >= 11 is 0. The zero-order valence-electron chi connectivity index (χ0n) is 13.4.